The van der Waals surface area contributed by atoms with Crippen molar-refractivity contribution in [2.45, 2.75) is 87.7 Å². The molecule has 6 heteroatoms. The summed E-state index contributed by atoms with van der Waals surface area (Å²) >= 11 is 0. The number of aromatic nitrogens is 6. The Kier molecular flexibility index (Phi) is 6.69. The van der Waals surface area contributed by atoms with Crippen molar-refractivity contribution in [2.75, 3.05) is 0 Å². The highest BCUT2D eigenvalue weighted by molar-refractivity contribution is 5.07. The van der Waals surface area contributed by atoms with E-state index in [0.29, 0.717) is 0 Å². The van der Waals surface area contributed by atoms with E-state index in [1.807, 2.05) is 37.1 Å². The van der Waals surface area contributed by atoms with Crippen LogP contribution in [0.4, 0.5) is 0 Å². The Labute approximate surface area is 141 Å². The van der Waals surface area contributed by atoms with E-state index in [1.54, 1.807) is 0 Å². The lowest BCUT2D eigenvalue weighted by molar-refractivity contribution is 0.339. The van der Waals surface area contributed by atoms with Gasteiger partial charge in [0.25, 0.3) is 0 Å². The van der Waals surface area contributed by atoms with Crippen LogP contribution in [0.15, 0.2) is 0 Å². The Morgan fingerprint density at radius 1 is 0.609 bits per heavy atom. The summed E-state index contributed by atoms with van der Waals surface area (Å²) in [5, 5.41) is 16.1. The number of aryl methyl sites for hydroxylation is 2. The molecular formula is C17H34N6. The van der Waals surface area contributed by atoms with Gasteiger partial charge in [0, 0.05) is 0 Å². The molecule has 2 rings (SSSR count). The fourth-order valence-electron chi connectivity index (χ4n) is 2.08. The van der Waals surface area contributed by atoms with Crippen molar-refractivity contribution in [3.05, 3.63) is 22.8 Å². The maximum atomic E-state index is 4.05. The number of hydrogen-bond acceptors (Lipinski definition) is 4. The second-order valence-electron chi connectivity index (χ2n) is 7.69. The molecule has 0 fully saturated rings. The second kappa shape index (κ2) is 7.23. The Morgan fingerprint density at radius 3 is 0.957 bits per heavy atom. The van der Waals surface area contributed by atoms with E-state index in [1.165, 1.54) is 0 Å². The normalized spacial score (nSPS) is 11.6. The third kappa shape index (κ3) is 5.15. The van der Waals surface area contributed by atoms with Crippen LogP contribution in [-0.2, 0) is 11.1 Å². The molecule has 23 heavy (non-hydrogen) atoms. The van der Waals surface area contributed by atoms with E-state index in [9.17, 15) is 0 Å². The molecule has 2 heterocycles. The highest BCUT2D eigenvalue weighted by atomic mass is 15.5. The predicted molar refractivity (Wildman–Crippen MR) is 95.7 cm³/mol. The van der Waals surface area contributed by atoms with Crippen molar-refractivity contribution < 1.29 is 0 Å². The van der Waals surface area contributed by atoms with Crippen molar-refractivity contribution in [1.29, 1.82) is 0 Å². The average Bonchev–Trinajstić information content (AvgIpc) is 2.84. The zero-order chi connectivity index (χ0) is 17.3. The third-order valence-corrected chi connectivity index (χ3v) is 3.52. The maximum absolute atomic E-state index is 4.05. The summed E-state index contributed by atoms with van der Waals surface area (Å²) in [6.07, 6.45) is 0. The molecule has 132 valence electrons. The molecule has 0 aliphatic carbocycles. The number of nitrogens with zero attached hydrogens (tertiary/aromatic N) is 6. The molecule has 0 amide bonds. The van der Waals surface area contributed by atoms with Crippen molar-refractivity contribution in [3.63, 3.8) is 0 Å². The smallest absolute Gasteiger partial charge is 0.0825 e. The first-order valence-corrected chi connectivity index (χ1v) is 7.64. The third-order valence-electron chi connectivity index (χ3n) is 3.52. The lowest BCUT2D eigenvalue weighted by Crippen LogP contribution is -2.24. The van der Waals surface area contributed by atoms with Gasteiger partial charge in [-0.25, -0.2) is 9.36 Å². The molecular weight excluding hydrogens is 288 g/mol. The van der Waals surface area contributed by atoms with E-state index in [2.05, 4.69) is 62.2 Å². The van der Waals surface area contributed by atoms with E-state index in [-0.39, 0.29) is 18.5 Å². The molecule has 2 aromatic heterocycles. The lowest BCUT2D eigenvalue weighted by Gasteiger charge is -2.19. The molecule has 2 aromatic rings. The molecule has 0 aliphatic rings. The summed E-state index contributed by atoms with van der Waals surface area (Å²) in [6, 6.07) is 0. The molecule has 0 saturated carbocycles. The quantitative estimate of drug-likeness (QED) is 0.737. The lowest BCUT2D eigenvalue weighted by atomic mass is 10.1. The summed E-state index contributed by atoms with van der Waals surface area (Å²) < 4.78 is 3.89. The van der Waals surface area contributed by atoms with Gasteiger partial charge in [0.1, 0.15) is 0 Å². The Bertz CT molecular complexity index is 566. The van der Waals surface area contributed by atoms with E-state index >= 15 is 0 Å². The second-order valence-corrected chi connectivity index (χ2v) is 7.69. The van der Waals surface area contributed by atoms with E-state index in [0.717, 1.165) is 22.8 Å². The van der Waals surface area contributed by atoms with Gasteiger partial charge >= 0.3 is 0 Å². The Balaban J connectivity index is 0.000000403. The van der Waals surface area contributed by atoms with Gasteiger partial charge in [0.15, 0.2) is 0 Å². The van der Waals surface area contributed by atoms with Gasteiger partial charge in [-0.1, -0.05) is 17.9 Å². The van der Waals surface area contributed by atoms with E-state index < -0.39 is 0 Å². The summed E-state index contributed by atoms with van der Waals surface area (Å²) in [4.78, 5) is 0. The molecule has 0 radical (unpaired) electrons. The Morgan fingerprint density at radius 2 is 0.870 bits per heavy atom. The van der Waals surface area contributed by atoms with Gasteiger partial charge < -0.3 is 0 Å². The molecule has 6 nitrogen and oxygen atoms in total. The highest BCUT2D eigenvalue weighted by Crippen LogP contribution is 2.16. The molecule has 0 saturated heterocycles. The minimum absolute atomic E-state index is 0. The van der Waals surface area contributed by atoms with Gasteiger partial charge in [0.2, 0.25) is 0 Å². The van der Waals surface area contributed by atoms with Crippen LogP contribution in [0.5, 0.6) is 0 Å². The van der Waals surface area contributed by atoms with Crippen LogP contribution in [0.1, 0.15) is 71.7 Å². The largest absolute Gasteiger partial charge is 0.244 e. The molecule has 0 bridgehead atoms. The number of rotatable bonds is 0. The molecule has 0 aliphatic heterocycles. The van der Waals surface area contributed by atoms with Crippen LogP contribution < -0.4 is 0 Å². The van der Waals surface area contributed by atoms with Gasteiger partial charge in [0.05, 0.1) is 33.9 Å². The van der Waals surface area contributed by atoms with Crippen LogP contribution in [0.2, 0.25) is 0 Å². The molecule has 0 N–H and O–H groups in total. The fraction of sp³-hybridized carbons (Fsp3) is 0.765. The average molecular weight is 323 g/mol. The SMILES string of the molecule is C.Cc1nnn(C(C)(C)C)c1C.Cc1nnn(C(C)(C)C)c1C. The monoisotopic (exact) mass is 322 g/mol. The van der Waals surface area contributed by atoms with Crippen LogP contribution >= 0.6 is 0 Å². The predicted octanol–water partition coefficient (Wildman–Crippen LogP) is 3.94. The number of hydrogen-bond donors (Lipinski definition) is 0. The topological polar surface area (TPSA) is 61.4 Å². The van der Waals surface area contributed by atoms with Crippen molar-refractivity contribution >= 4 is 0 Å². The maximum Gasteiger partial charge on any atom is 0.0825 e. The first kappa shape index (κ1) is 21.3. The summed E-state index contributed by atoms with van der Waals surface area (Å²) in [6.45, 7) is 20.8. The Hall–Kier alpha value is -1.72. The summed E-state index contributed by atoms with van der Waals surface area (Å²) in [7, 11) is 0. The minimum atomic E-state index is 0. The van der Waals surface area contributed by atoms with Gasteiger partial charge in [-0.3, -0.25) is 0 Å². The van der Waals surface area contributed by atoms with Crippen molar-refractivity contribution in [2.24, 2.45) is 0 Å². The van der Waals surface area contributed by atoms with Gasteiger partial charge in [-0.2, -0.15) is 0 Å². The van der Waals surface area contributed by atoms with Crippen molar-refractivity contribution in [3.8, 4) is 0 Å². The van der Waals surface area contributed by atoms with Crippen LogP contribution in [0, 0.1) is 27.7 Å². The van der Waals surface area contributed by atoms with Crippen LogP contribution in [0.3, 0.4) is 0 Å². The van der Waals surface area contributed by atoms with Gasteiger partial charge in [-0.05, 0) is 69.2 Å². The molecule has 0 unspecified atom stereocenters. The zero-order valence-corrected chi connectivity index (χ0v) is 15.7. The van der Waals surface area contributed by atoms with Crippen LogP contribution in [0.25, 0.3) is 0 Å². The minimum Gasteiger partial charge on any atom is -0.244 e. The first-order chi connectivity index (χ1) is 9.85. The zero-order valence-electron chi connectivity index (χ0n) is 15.7. The van der Waals surface area contributed by atoms with Crippen LogP contribution in [-0.4, -0.2) is 30.0 Å². The first-order valence-electron chi connectivity index (χ1n) is 7.64. The van der Waals surface area contributed by atoms with Crippen molar-refractivity contribution in [1.82, 2.24) is 30.0 Å². The molecule has 0 aromatic carbocycles. The molecule has 0 atom stereocenters. The fourth-order valence-corrected chi connectivity index (χ4v) is 2.08. The van der Waals surface area contributed by atoms with Gasteiger partial charge in [-0.15, -0.1) is 10.2 Å². The molecule has 0 spiro atoms. The standard InChI is InChI=1S/2C8H15N3.CH4/c2*1-6-7(2)11(10-9-6)8(3,4)5;/h2*1-5H3;1H4. The summed E-state index contributed by atoms with van der Waals surface area (Å²) in [5.41, 5.74) is 4.42. The highest BCUT2D eigenvalue weighted by Gasteiger charge is 2.18. The van der Waals surface area contributed by atoms with E-state index in [4.69, 9.17) is 0 Å². The summed E-state index contributed by atoms with van der Waals surface area (Å²) in [5.74, 6) is 0.